The minimum absolute atomic E-state index is 0.0818. The van der Waals surface area contributed by atoms with Gasteiger partial charge >= 0.3 is 0 Å². The van der Waals surface area contributed by atoms with Gasteiger partial charge in [-0.25, -0.2) is 9.67 Å². The highest BCUT2D eigenvalue weighted by molar-refractivity contribution is 9.10. The number of aromatic nitrogens is 3. The summed E-state index contributed by atoms with van der Waals surface area (Å²) in [7, 11) is 0. The Balaban J connectivity index is 2.13. The summed E-state index contributed by atoms with van der Waals surface area (Å²) in [6, 6.07) is 5.79. The first-order chi connectivity index (χ1) is 9.97. The van der Waals surface area contributed by atoms with Crippen molar-refractivity contribution in [3.63, 3.8) is 0 Å². The Bertz CT molecular complexity index is 595. The minimum Gasteiger partial charge on any atom is -0.485 e. The molecule has 2 N–H and O–H groups in total. The van der Waals surface area contributed by atoms with Crippen LogP contribution >= 0.6 is 15.9 Å². The van der Waals surface area contributed by atoms with Crippen LogP contribution in [0.3, 0.4) is 0 Å². The first kappa shape index (κ1) is 16.0. The van der Waals surface area contributed by atoms with Gasteiger partial charge in [-0.1, -0.05) is 35.8 Å². The molecule has 0 saturated heterocycles. The largest absolute Gasteiger partial charge is 0.485 e. The summed E-state index contributed by atoms with van der Waals surface area (Å²) in [5.74, 6) is 2.11. The van der Waals surface area contributed by atoms with Crippen molar-refractivity contribution in [2.45, 2.75) is 40.0 Å². The zero-order valence-electron chi connectivity index (χ0n) is 12.6. The van der Waals surface area contributed by atoms with Gasteiger partial charge in [-0.05, 0) is 25.0 Å². The lowest BCUT2D eigenvalue weighted by Gasteiger charge is -2.15. The molecule has 6 heteroatoms. The highest BCUT2D eigenvalue weighted by Gasteiger charge is 2.11. The van der Waals surface area contributed by atoms with E-state index in [1.54, 1.807) is 6.33 Å². The molecule has 2 rings (SSSR count). The lowest BCUT2D eigenvalue weighted by molar-refractivity contribution is 0.278. The van der Waals surface area contributed by atoms with Crippen molar-refractivity contribution in [3.05, 3.63) is 40.4 Å². The average molecular weight is 353 g/mol. The molecule has 1 aromatic heterocycles. The maximum Gasteiger partial charge on any atom is 0.164 e. The van der Waals surface area contributed by atoms with Gasteiger partial charge in [-0.3, -0.25) is 0 Å². The predicted molar refractivity (Wildman–Crippen MR) is 85.9 cm³/mol. The SMILES string of the molecule is CC(C)Cn1ncnc1COc1cc(Br)ccc1[C@H](C)N. The van der Waals surface area contributed by atoms with Crippen molar-refractivity contribution in [3.8, 4) is 5.75 Å². The van der Waals surface area contributed by atoms with Crippen molar-refractivity contribution >= 4 is 15.9 Å². The molecule has 0 fully saturated rings. The van der Waals surface area contributed by atoms with E-state index >= 15 is 0 Å². The topological polar surface area (TPSA) is 66.0 Å². The number of halogens is 1. The van der Waals surface area contributed by atoms with Crippen LogP contribution in [0.2, 0.25) is 0 Å². The second kappa shape index (κ2) is 7.04. The fraction of sp³-hybridized carbons (Fsp3) is 0.467. The number of nitrogens with two attached hydrogens (primary N) is 1. The molecule has 1 heterocycles. The first-order valence-electron chi connectivity index (χ1n) is 7.02. The van der Waals surface area contributed by atoms with E-state index in [2.05, 4.69) is 39.9 Å². The van der Waals surface area contributed by atoms with Crippen molar-refractivity contribution in [1.29, 1.82) is 0 Å². The molecule has 0 aliphatic rings. The zero-order valence-corrected chi connectivity index (χ0v) is 14.2. The fourth-order valence-electron chi connectivity index (χ4n) is 2.05. The van der Waals surface area contributed by atoms with Crippen LogP contribution in [0.4, 0.5) is 0 Å². The summed E-state index contributed by atoms with van der Waals surface area (Å²) in [5, 5.41) is 4.24. The third kappa shape index (κ3) is 4.28. The van der Waals surface area contributed by atoms with Crippen molar-refractivity contribution < 1.29 is 4.74 Å². The molecule has 0 spiro atoms. The monoisotopic (exact) mass is 352 g/mol. The van der Waals surface area contributed by atoms with Gasteiger partial charge in [0.1, 0.15) is 18.7 Å². The summed E-state index contributed by atoms with van der Waals surface area (Å²) >= 11 is 3.46. The van der Waals surface area contributed by atoms with Gasteiger partial charge in [0.05, 0.1) is 0 Å². The molecule has 1 atom stereocenters. The van der Waals surface area contributed by atoms with Crippen LogP contribution in [0.25, 0.3) is 0 Å². The number of hydrogen-bond donors (Lipinski definition) is 1. The molecule has 0 aliphatic carbocycles. The van der Waals surface area contributed by atoms with Crippen LogP contribution < -0.4 is 10.5 Å². The van der Waals surface area contributed by atoms with Crippen LogP contribution in [0, 0.1) is 5.92 Å². The summed E-state index contributed by atoms with van der Waals surface area (Å²) < 4.78 is 8.76. The number of benzene rings is 1. The molecule has 0 aliphatic heterocycles. The van der Waals surface area contributed by atoms with E-state index in [-0.39, 0.29) is 6.04 Å². The Hall–Kier alpha value is -1.40. The van der Waals surface area contributed by atoms with Crippen LogP contribution in [-0.2, 0) is 13.2 Å². The Morgan fingerprint density at radius 2 is 2.10 bits per heavy atom. The zero-order chi connectivity index (χ0) is 15.4. The Kier molecular flexibility index (Phi) is 5.36. The molecule has 0 radical (unpaired) electrons. The van der Waals surface area contributed by atoms with E-state index in [1.165, 1.54) is 0 Å². The lowest BCUT2D eigenvalue weighted by Crippen LogP contribution is -2.13. The van der Waals surface area contributed by atoms with Crippen molar-refractivity contribution in [2.75, 3.05) is 0 Å². The third-order valence-electron chi connectivity index (χ3n) is 3.06. The number of rotatable bonds is 6. The van der Waals surface area contributed by atoms with E-state index in [9.17, 15) is 0 Å². The quantitative estimate of drug-likeness (QED) is 0.865. The number of nitrogens with zero attached hydrogens (tertiary/aromatic N) is 3. The van der Waals surface area contributed by atoms with Crippen molar-refractivity contribution in [1.82, 2.24) is 14.8 Å². The summed E-state index contributed by atoms with van der Waals surface area (Å²) in [6.45, 7) is 7.45. The van der Waals surface area contributed by atoms with Crippen LogP contribution in [0.1, 0.15) is 38.2 Å². The molecule has 114 valence electrons. The third-order valence-corrected chi connectivity index (χ3v) is 3.55. The summed E-state index contributed by atoms with van der Waals surface area (Å²) in [4.78, 5) is 4.27. The maximum absolute atomic E-state index is 5.98. The van der Waals surface area contributed by atoms with Gasteiger partial charge in [0.15, 0.2) is 5.82 Å². The second-order valence-corrected chi connectivity index (χ2v) is 6.43. The lowest BCUT2D eigenvalue weighted by atomic mass is 10.1. The number of hydrogen-bond acceptors (Lipinski definition) is 4. The standard InChI is InChI=1S/C15H21BrN4O/c1-10(2)7-20-15(18-9-19-20)8-21-14-6-12(16)4-5-13(14)11(3)17/h4-6,9-11H,7-8,17H2,1-3H3/t11-/m0/s1. The maximum atomic E-state index is 5.98. The van der Waals surface area contributed by atoms with E-state index in [1.807, 2.05) is 29.8 Å². The van der Waals surface area contributed by atoms with Crippen molar-refractivity contribution in [2.24, 2.45) is 11.7 Å². The van der Waals surface area contributed by atoms with Gasteiger partial charge < -0.3 is 10.5 Å². The predicted octanol–water partition coefficient (Wildman–Crippen LogP) is 3.30. The molecule has 0 amide bonds. The Morgan fingerprint density at radius 3 is 2.76 bits per heavy atom. The van der Waals surface area contributed by atoms with E-state index in [4.69, 9.17) is 10.5 Å². The minimum atomic E-state index is -0.0818. The smallest absolute Gasteiger partial charge is 0.164 e. The van der Waals surface area contributed by atoms with Gasteiger partial charge in [0, 0.05) is 22.6 Å². The average Bonchev–Trinajstić information content (AvgIpc) is 2.82. The van der Waals surface area contributed by atoms with Crippen LogP contribution in [0.15, 0.2) is 29.0 Å². The highest BCUT2D eigenvalue weighted by atomic mass is 79.9. The molecular formula is C15H21BrN4O. The first-order valence-corrected chi connectivity index (χ1v) is 7.81. The second-order valence-electron chi connectivity index (χ2n) is 5.51. The molecule has 1 aromatic carbocycles. The van der Waals surface area contributed by atoms with E-state index in [0.717, 1.165) is 28.2 Å². The van der Waals surface area contributed by atoms with Gasteiger partial charge in [0.2, 0.25) is 0 Å². The Morgan fingerprint density at radius 1 is 1.33 bits per heavy atom. The summed E-state index contributed by atoms with van der Waals surface area (Å²) in [5.41, 5.74) is 6.96. The van der Waals surface area contributed by atoms with Gasteiger partial charge in [0.25, 0.3) is 0 Å². The Labute approximate surface area is 133 Å². The normalized spacial score (nSPS) is 12.7. The van der Waals surface area contributed by atoms with E-state index < -0.39 is 0 Å². The molecule has 21 heavy (non-hydrogen) atoms. The molecule has 0 unspecified atom stereocenters. The highest BCUT2D eigenvalue weighted by Crippen LogP contribution is 2.28. The summed E-state index contributed by atoms with van der Waals surface area (Å²) in [6.07, 6.45) is 1.56. The molecule has 2 aromatic rings. The van der Waals surface area contributed by atoms with Crippen LogP contribution in [-0.4, -0.2) is 14.8 Å². The molecule has 0 bridgehead atoms. The van der Waals surface area contributed by atoms with Crippen LogP contribution in [0.5, 0.6) is 5.75 Å². The molecule has 5 nitrogen and oxygen atoms in total. The molecular weight excluding hydrogens is 332 g/mol. The van der Waals surface area contributed by atoms with Gasteiger partial charge in [-0.15, -0.1) is 0 Å². The fourth-order valence-corrected chi connectivity index (χ4v) is 2.39. The van der Waals surface area contributed by atoms with E-state index in [0.29, 0.717) is 12.5 Å². The van der Waals surface area contributed by atoms with Gasteiger partial charge in [-0.2, -0.15) is 5.10 Å². The number of ether oxygens (including phenoxy) is 1. The molecule has 0 saturated carbocycles.